The predicted molar refractivity (Wildman–Crippen MR) is 119 cm³/mol. The summed E-state index contributed by atoms with van der Waals surface area (Å²) in [5, 5.41) is 0. The van der Waals surface area contributed by atoms with Crippen LogP contribution in [0.2, 0.25) is 0 Å². The molecule has 0 bridgehead atoms. The van der Waals surface area contributed by atoms with Crippen molar-refractivity contribution < 1.29 is 27.1 Å². The molecule has 0 unspecified atom stereocenters. The summed E-state index contributed by atoms with van der Waals surface area (Å²) in [5.74, 6) is -0.806. The highest BCUT2D eigenvalue weighted by Gasteiger charge is 2.38. The Bertz CT molecular complexity index is 1260. The number of alkyl halides is 3. The van der Waals surface area contributed by atoms with Crippen LogP contribution in [0, 0.1) is 12.7 Å². The maximum atomic E-state index is 14.0. The summed E-state index contributed by atoms with van der Waals surface area (Å²) in [6.45, 7) is 5.42. The van der Waals surface area contributed by atoms with Crippen molar-refractivity contribution in [1.29, 1.82) is 0 Å². The molecule has 1 aliphatic rings. The van der Waals surface area contributed by atoms with E-state index in [1.807, 2.05) is 13.8 Å². The van der Waals surface area contributed by atoms with Gasteiger partial charge in [-0.05, 0) is 48.7 Å². The molecule has 2 aromatic heterocycles. The maximum absolute atomic E-state index is 14.0. The predicted octanol–water partition coefficient (Wildman–Crippen LogP) is 5.83. The number of methoxy groups -OCH3 is 1. The maximum Gasteiger partial charge on any atom is 0.433 e. The Kier molecular flexibility index (Phi) is 5.93. The first-order valence-electron chi connectivity index (χ1n) is 10.5. The molecule has 6 nitrogen and oxygen atoms in total. The first-order chi connectivity index (χ1) is 16.0. The Morgan fingerprint density at radius 3 is 2.35 bits per heavy atom. The number of hydrogen-bond acceptors (Lipinski definition) is 5. The zero-order valence-electron chi connectivity index (χ0n) is 18.9. The Labute approximate surface area is 193 Å². The fourth-order valence-electron chi connectivity index (χ4n) is 3.97. The van der Waals surface area contributed by atoms with Crippen molar-refractivity contribution in [3.8, 4) is 5.88 Å². The van der Waals surface area contributed by atoms with Crippen LogP contribution < -0.4 is 14.5 Å². The average Bonchev–Trinajstić information content (AvgIpc) is 2.79. The summed E-state index contributed by atoms with van der Waals surface area (Å²) in [6.07, 6.45) is -3.68. The largest absolute Gasteiger partial charge is 0.481 e. The van der Waals surface area contributed by atoms with Crippen molar-refractivity contribution in [3.63, 3.8) is 0 Å². The van der Waals surface area contributed by atoms with Gasteiger partial charge in [-0.1, -0.05) is 13.8 Å². The van der Waals surface area contributed by atoms with Gasteiger partial charge >= 0.3 is 6.18 Å². The Balaban J connectivity index is 1.93. The van der Waals surface area contributed by atoms with Crippen LogP contribution in [0.1, 0.15) is 47.1 Å². The lowest BCUT2D eigenvalue weighted by atomic mass is 9.98. The molecule has 1 amide bonds. The van der Waals surface area contributed by atoms with Crippen LogP contribution in [-0.2, 0) is 6.18 Å². The molecule has 0 radical (unpaired) electrons. The van der Waals surface area contributed by atoms with Gasteiger partial charge in [0.05, 0.1) is 35.9 Å². The van der Waals surface area contributed by atoms with Crippen molar-refractivity contribution >= 4 is 23.0 Å². The molecule has 3 heterocycles. The molecule has 0 atom stereocenters. The SMILES string of the molecule is COc1ccc(N2CN(c3ccc(F)cc3C(C)C)c3cnc(C(F)(F)F)cc3C2=O)c(C)n1. The molecule has 4 rings (SSSR count). The normalized spacial score (nSPS) is 14.0. The molecule has 0 fully saturated rings. The minimum Gasteiger partial charge on any atom is -0.481 e. The third-order valence-corrected chi connectivity index (χ3v) is 5.66. The monoisotopic (exact) mass is 474 g/mol. The van der Waals surface area contributed by atoms with Crippen LogP contribution in [0.5, 0.6) is 5.88 Å². The molecular weight excluding hydrogens is 452 g/mol. The molecule has 1 aromatic carbocycles. The lowest BCUT2D eigenvalue weighted by molar-refractivity contribution is -0.141. The summed E-state index contributed by atoms with van der Waals surface area (Å²) in [6, 6.07) is 8.17. The molecule has 10 heteroatoms. The van der Waals surface area contributed by atoms with Crippen molar-refractivity contribution in [1.82, 2.24) is 9.97 Å². The summed E-state index contributed by atoms with van der Waals surface area (Å²) in [4.78, 5) is 24.3. The van der Waals surface area contributed by atoms with E-state index in [9.17, 15) is 22.4 Å². The lowest BCUT2D eigenvalue weighted by Crippen LogP contribution is -2.46. The number of pyridine rings is 2. The molecule has 0 saturated carbocycles. The number of hydrogen-bond donors (Lipinski definition) is 0. The van der Waals surface area contributed by atoms with Gasteiger partial charge in [0.15, 0.2) is 0 Å². The van der Waals surface area contributed by atoms with Gasteiger partial charge in [-0.3, -0.25) is 9.69 Å². The zero-order chi connectivity index (χ0) is 24.8. The van der Waals surface area contributed by atoms with E-state index in [4.69, 9.17) is 4.74 Å². The second-order valence-corrected chi connectivity index (χ2v) is 8.20. The summed E-state index contributed by atoms with van der Waals surface area (Å²) < 4.78 is 59.4. The number of benzene rings is 1. The molecule has 0 N–H and O–H groups in total. The van der Waals surface area contributed by atoms with Crippen LogP contribution >= 0.6 is 0 Å². The van der Waals surface area contributed by atoms with E-state index in [1.165, 1.54) is 24.1 Å². The van der Waals surface area contributed by atoms with Gasteiger partial charge in [0.25, 0.3) is 5.91 Å². The van der Waals surface area contributed by atoms with Crippen LogP contribution in [0.3, 0.4) is 0 Å². The number of aryl methyl sites for hydroxylation is 1. The van der Waals surface area contributed by atoms with Gasteiger partial charge in [-0.2, -0.15) is 13.2 Å². The number of aromatic nitrogens is 2. The van der Waals surface area contributed by atoms with Crippen molar-refractivity contribution in [2.24, 2.45) is 0 Å². The van der Waals surface area contributed by atoms with Gasteiger partial charge in [0.1, 0.15) is 18.2 Å². The molecule has 0 saturated heterocycles. The van der Waals surface area contributed by atoms with Crippen molar-refractivity contribution in [2.45, 2.75) is 32.9 Å². The number of ether oxygens (including phenoxy) is 1. The fourth-order valence-corrected chi connectivity index (χ4v) is 3.97. The highest BCUT2D eigenvalue weighted by molar-refractivity contribution is 6.12. The molecule has 34 heavy (non-hydrogen) atoms. The van der Waals surface area contributed by atoms with Crippen molar-refractivity contribution in [3.05, 3.63) is 70.9 Å². The van der Waals surface area contributed by atoms with E-state index in [2.05, 4.69) is 9.97 Å². The fraction of sp³-hybridized carbons (Fsp3) is 0.292. The van der Waals surface area contributed by atoms with Crippen LogP contribution in [0.15, 0.2) is 42.6 Å². The molecular formula is C24H22F4N4O2. The van der Waals surface area contributed by atoms with Gasteiger partial charge in [0, 0.05) is 11.8 Å². The first-order valence-corrected chi connectivity index (χ1v) is 10.5. The third kappa shape index (κ3) is 4.15. The summed E-state index contributed by atoms with van der Waals surface area (Å²) in [5.41, 5.74) is 0.962. The van der Waals surface area contributed by atoms with Crippen molar-refractivity contribution in [2.75, 3.05) is 23.6 Å². The number of fused-ring (bicyclic) bond motifs is 1. The number of amides is 1. The van der Waals surface area contributed by atoms with E-state index in [-0.39, 0.29) is 23.8 Å². The summed E-state index contributed by atoms with van der Waals surface area (Å²) in [7, 11) is 1.46. The highest BCUT2D eigenvalue weighted by Crippen LogP contribution is 2.41. The third-order valence-electron chi connectivity index (χ3n) is 5.66. The Morgan fingerprint density at radius 1 is 1.03 bits per heavy atom. The minimum absolute atomic E-state index is 0.0287. The van der Waals surface area contributed by atoms with Gasteiger partial charge in [-0.15, -0.1) is 0 Å². The molecule has 0 aliphatic carbocycles. The van der Waals surface area contributed by atoms with Gasteiger partial charge < -0.3 is 9.64 Å². The molecule has 178 valence electrons. The van der Waals surface area contributed by atoms with E-state index in [1.54, 1.807) is 30.0 Å². The molecule has 1 aliphatic heterocycles. The second kappa shape index (κ2) is 8.58. The number of anilines is 3. The van der Waals surface area contributed by atoms with E-state index in [0.29, 0.717) is 28.5 Å². The molecule has 0 spiro atoms. The highest BCUT2D eigenvalue weighted by atomic mass is 19.4. The van der Waals surface area contributed by atoms with E-state index >= 15 is 0 Å². The number of rotatable bonds is 4. The van der Waals surface area contributed by atoms with E-state index < -0.39 is 23.6 Å². The molecule has 3 aromatic rings. The first kappa shape index (κ1) is 23.5. The Morgan fingerprint density at radius 2 is 1.74 bits per heavy atom. The number of halogens is 4. The number of carbonyl (C=O) groups is 1. The van der Waals surface area contributed by atoms with Crippen LogP contribution in [-0.4, -0.2) is 29.7 Å². The average molecular weight is 474 g/mol. The smallest absolute Gasteiger partial charge is 0.433 e. The van der Waals surface area contributed by atoms with Gasteiger partial charge in [-0.25, -0.2) is 14.4 Å². The number of nitrogens with zero attached hydrogens (tertiary/aromatic N) is 4. The van der Waals surface area contributed by atoms with Crippen LogP contribution in [0.25, 0.3) is 0 Å². The topological polar surface area (TPSA) is 58.6 Å². The Hall–Kier alpha value is -3.69. The van der Waals surface area contributed by atoms with Crippen LogP contribution in [0.4, 0.5) is 34.6 Å². The lowest BCUT2D eigenvalue weighted by Gasteiger charge is -2.39. The quantitative estimate of drug-likeness (QED) is 0.446. The zero-order valence-corrected chi connectivity index (χ0v) is 18.9. The summed E-state index contributed by atoms with van der Waals surface area (Å²) >= 11 is 0. The van der Waals surface area contributed by atoms with E-state index in [0.717, 1.165) is 12.3 Å². The second-order valence-electron chi connectivity index (χ2n) is 8.20. The standard InChI is InChI=1S/C24H22F4N4O2/c1-13(2)16-9-15(25)5-6-19(16)31-12-32(18-7-8-22(34-4)30-14(18)3)23(33)17-10-21(24(26,27)28)29-11-20(17)31/h5-11,13H,12H2,1-4H3. The number of carbonyl (C=O) groups excluding carboxylic acids is 1. The van der Waals surface area contributed by atoms with Gasteiger partial charge in [0.2, 0.25) is 5.88 Å². The minimum atomic E-state index is -4.72.